The molecule has 1 amide bonds. The van der Waals surface area contributed by atoms with Crippen LogP contribution in [0.15, 0.2) is 41.1 Å². The number of amides is 1. The first-order chi connectivity index (χ1) is 8.95. The Bertz CT molecular complexity index is 546. The van der Waals surface area contributed by atoms with Gasteiger partial charge in [0.25, 0.3) is 0 Å². The minimum absolute atomic E-state index is 0.213. The number of carbonyl (C=O) groups is 1. The Morgan fingerprint density at radius 1 is 1.16 bits per heavy atom. The first kappa shape index (κ1) is 13.6. The Morgan fingerprint density at radius 3 is 2.37 bits per heavy atom. The molecule has 0 fully saturated rings. The zero-order chi connectivity index (χ0) is 13.9. The number of nitrogens with one attached hydrogen (secondary N) is 1. The molecule has 100 valence electrons. The lowest BCUT2D eigenvalue weighted by atomic mass is 10.2. The molecule has 0 unspecified atom stereocenters. The van der Waals surface area contributed by atoms with Crippen molar-refractivity contribution < 1.29 is 18.0 Å². The van der Waals surface area contributed by atoms with E-state index in [0.717, 1.165) is 17.7 Å². The van der Waals surface area contributed by atoms with Gasteiger partial charge in [-0.15, -0.1) is 0 Å². The first-order valence-corrected chi connectivity index (χ1v) is 6.37. The summed E-state index contributed by atoms with van der Waals surface area (Å²) in [5.74, 6) is -0.252. The third kappa shape index (κ3) is 3.82. The molecule has 0 aliphatic rings. The van der Waals surface area contributed by atoms with Crippen molar-refractivity contribution in [2.75, 3.05) is 5.32 Å². The maximum atomic E-state index is 12.3. The van der Waals surface area contributed by atoms with E-state index in [9.17, 15) is 18.0 Å². The predicted octanol–water partition coefficient (Wildman–Crippen LogP) is 3.95. The molecule has 2 rings (SSSR count). The fraction of sp³-hybridized carbons (Fsp3) is 0.154. The standard InChI is InChI=1S/C13H10F3NOS/c14-13(15,16)10-1-3-11(4-2-10)17-12(18)7-9-5-6-19-8-9/h1-6,8H,7H2,(H,17,18). The monoisotopic (exact) mass is 285 g/mol. The molecule has 6 heteroatoms. The van der Waals surface area contributed by atoms with E-state index in [1.807, 2.05) is 16.8 Å². The maximum Gasteiger partial charge on any atom is 0.416 e. The molecular weight excluding hydrogens is 275 g/mol. The van der Waals surface area contributed by atoms with Gasteiger partial charge < -0.3 is 5.32 Å². The minimum Gasteiger partial charge on any atom is -0.326 e. The van der Waals surface area contributed by atoms with Gasteiger partial charge in [-0.05, 0) is 46.7 Å². The smallest absolute Gasteiger partial charge is 0.326 e. The van der Waals surface area contributed by atoms with Crippen molar-refractivity contribution in [3.05, 3.63) is 52.2 Å². The van der Waals surface area contributed by atoms with E-state index < -0.39 is 11.7 Å². The summed E-state index contributed by atoms with van der Waals surface area (Å²) < 4.78 is 37.0. The van der Waals surface area contributed by atoms with Crippen LogP contribution in [-0.2, 0) is 17.4 Å². The van der Waals surface area contributed by atoms with Gasteiger partial charge in [-0.25, -0.2) is 0 Å². The zero-order valence-corrected chi connectivity index (χ0v) is 10.5. The van der Waals surface area contributed by atoms with E-state index in [-0.39, 0.29) is 12.3 Å². The van der Waals surface area contributed by atoms with Gasteiger partial charge in [0.15, 0.2) is 0 Å². The second-order valence-electron chi connectivity index (χ2n) is 3.93. The number of hydrogen-bond acceptors (Lipinski definition) is 2. The van der Waals surface area contributed by atoms with E-state index >= 15 is 0 Å². The van der Waals surface area contributed by atoms with Gasteiger partial charge in [0.2, 0.25) is 5.91 Å². The number of carbonyl (C=O) groups excluding carboxylic acids is 1. The fourth-order valence-electron chi connectivity index (χ4n) is 1.53. The lowest BCUT2D eigenvalue weighted by Gasteiger charge is -2.08. The molecule has 0 aliphatic heterocycles. The highest BCUT2D eigenvalue weighted by molar-refractivity contribution is 7.08. The molecule has 2 nitrogen and oxygen atoms in total. The quantitative estimate of drug-likeness (QED) is 0.909. The Kier molecular flexibility index (Phi) is 3.90. The largest absolute Gasteiger partial charge is 0.416 e. The van der Waals surface area contributed by atoms with Crippen LogP contribution >= 0.6 is 11.3 Å². The third-order valence-electron chi connectivity index (χ3n) is 2.44. The van der Waals surface area contributed by atoms with Crippen molar-refractivity contribution in [3.8, 4) is 0 Å². The third-order valence-corrected chi connectivity index (χ3v) is 3.17. The number of halogens is 3. The van der Waals surface area contributed by atoms with Crippen molar-refractivity contribution in [2.24, 2.45) is 0 Å². The molecule has 0 saturated carbocycles. The topological polar surface area (TPSA) is 29.1 Å². The summed E-state index contributed by atoms with van der Waals surface area (Å²) in [7, 11) is 0. The molecule has 1 N–H and O–H groups in total. The van der Waals surface area contributed by atoms with Gasteiger partial charge in [-0.1, -0.05) is 0 Å². The number of alkyl halides is 3. The molecule has 19 heavy (non-hydrogen) atoms. The van der Waals surface area contributed by atoms with Gasteiger partial charge in [-0.2, -0.15) is 24.5 Å². The van der Waals surface area contributed by atoms with Crippen molar-refractivity contribution in [3.63, 3.8) is 0 Å². The lowest BCUT2D eigenvalue weighted by molar-refractivity contribution is -0.137. The van der Waals surface area contributed by atoms with Gasteiger partial charge >= 0.3 is 6.18 Å². The van der Waals surface area contributed by atoms with Crippen molar-refractivity contribution in [1.29, 1.82) is 0 Å². The zero-order valence-electron chi connectivity index (χ0n) is 9.70. The van der Waals surface area contributed by atoms with Crippen LogP contribution in [0.2, 0.25) is 0 Å². The lowest BCUT2D eigenvalue weighted by Crippen LogP contribution is -2.14. The molecule has 1 heterocycles. The van der Waals surface area contributed by atoms with Crippen molar-refractivity contribution in [1.82, 2.24) is 0 Å². The molecule has 0 radical (unpaired) electrons. The Balaban J connectivity index is 1.98. The van der Waals surface area contributed by atoms with E-state index in [1.54, 1.807) is 0 Å². The van der Waals surface area contributed by atoms with E-state index in [0.29, 0.717) is 5.69 Å². The molecule has 1 aromatic heterocycles. The van der Waals surface area contributed by atoms with Crippen LogP contribution < -0.4 is 5.32 Å². The van der Waals surface area contributed by atoms with Crippen LogP contribution in [0.25, 0.3) is 0 Å². The van der Waals surface area contributed by atoms with Crippen molar-refractivity contribution in [2.45, 2.75) is 12.6 Å². The first-order valence-electron chi connectivity index (χ1n) is 5.43. The van der Waals surface area contributed by atoms with Gasteiger partial charge in [-0.3, -0.25) is 4.79 Å². The van der Waals surface area contributed by atoms with Gasteiger partial charge in [0.05, 0.1) is 12.0 Å². The van der Waals surface area contributed by atoms with E-state index in [2.05, 4.69) is 5.32 Å². The fourth-order valence-corrected chi connectivity index (χ4v) is 2.19. The normalized spacial score (nSPS) is 11.3. The highest BCUT2D eigenvalue weighted by Gasteiger charge is 2.29. The van der Waals surface area contributed by atoms with Crippen LogP contribution in [0.5, 0.6) is 0 Å². The van der Waals surface area contributed by atoms with E-state index in [4.69, 9.17) is 0 Å². The summed E-state index contributed by atoms with van der Waals surface area (Å²) >= 11 is 1.49. The summed E-state index contributed by atoms with van der Waals surface area (Å²) in [6.45, 7) is 0. The van der Waals surface area contributed by atoms with Crippen LogP contribution in [0.1, 0.15) is 11.1 Å². The van der Waals surface area contributed by atoms with Crippen LogP contribution in [-0.4, -0.2) is 5.91 Å². The minimum atomic E-state index is -4.36. The summed E-state index contributed by atoms with van der Waals surface area (Å²) in [5, 5.41) is 6.27. The molecule has 0 spiro atoms. The highest BCUT2D eigenvalue weighted by atomic mass is 32.1. The molecule has 0 aliphatic carbocycles. The number of benzene rings is 1. The Morgan fingerprint density at radius 2 is 1.84 bits per heavy atom. The average Bonchev–Trinajstić information content (AvgIpc) is 2.81. The highest BCUT2D eigenvalue weighted by Crippen LogP contribution is 2.29. The number of rotatable bonds is 3. The summed E-state index contributed by atoms with van der Waals surface area (Å²) in [6.07, 6.45) is -4.15. The summed E-state index contributed by atoms with van der Waals surface area (Å²) in [4.78, 5) is 11.6. The molecular formula is C13H10F3NOS. The van der Waals surface area contributed by atoms with Crippen LogP contribution in [0.4, 0.5) is 18.9 Å². The Hall–Kier alpha value is -1.82. The Labute approximate surface area is 111 Å². The van der Waals surface area contributed by atoms with Gasteiger partial charge in [0.1, 0.15) is 0 Å². The van der Waals surface area contributed by atoms with Crippen LogP contribution in [0.3, 0.4) is 0 Å². The predicted molar refractivity (Wildman–Crippen MR) is 68.1 cm³/mol. The second-order valence-corrected chi connectivity index (χ2v) is 4.71. The summed E-state index contributed by atoms with van der Waals surface area (Å²) in [5.41, 5.74) is 0.506. The van der Waals surface area contributed by atoms with Crippen molar-refractivity contribution >= 4 is 22.9 Å². The maximum absolute atomic E-state index is 12.3. The number of hydrogen-bond donors (Lipinski definition) is 1. The molecule has 0 saturated heterocycles. The molecule has 0 bridgehead atoms. The molecule has 1 aromatic carbocycles. The number of anilines is 1. The number of thiophene rings is 1. The van der Waals surface area contributed by atoms with Crippen LogP contribution in [0, 0.1) is 0 Å². The second kappa shape index (κ2) is 5.44. The molecule has 2 aromatic rings. The molecule has 0 atom stereocenters. The summed E-state index contributed by atoms with van der Waals surface area (Å²) in [6, 6.07) is 6.21. The van der Waals surface area contributed by atoms with E-state index in [1.165, 1.54) is 23.5 Å². The SMILES string of the molecule is O=C(Cc1ccsc1)Nc1ccc(C(F)(F)F)cc1. The average molecular weight is 285 g/mol. The van der Waals surface area contributed by atoms with Gasteiger partial charge in [0, 0.05) is 5.69 Å².